The molecule has 0 bridgehead atoms. The molecule has 1 aliphatic heterocycles. The summed E-state index contributed by atoms with van der Waals surface area (Å²) in [5.41, 5.74) is 0. The van der Waals surface area contributed by atoms with Crippen LogP contribution < -0.4 is 0 Å². The first-order chi connectivity index (χ1) is 8.04. The number of rotatable bonds is 5. The van der Waals surface area contributed by atoms with Gasteiger partial charge in [0, 0.05) is 0 Å². The highest BCUT2D eigenvalue weighted by molar-refractivity contribution is 4.90. The van der Waals surface area contributed by atoms with E-state index >= 15 is 0 Å². The molecule has 0 aliphatic carbocycles. The molecule has 1 heterocycles. The number of hydrogen-bond acceptors (Lipinski definition) is 6. The second kappa shape index (κ2) is 6.44. The smallest absolute Gasteiger partial charge is 0.187 e. The van der Waals surface area contributed by atoms with E-state index in [4.69, 9.17) is 14.6 Å². The van der Waals surface area contributed by atoms with Crippen LogP contribution >= 0.6 is 0 Å². The van der Waals surface area contributed by atoms with Gasteiger partial charge in [-0.3, -0.25) is 0 Å². The summed E-state index contributed by atoms with van der Waals surface area (Å²) in [6.45, 7) is 4.98. The van der Waals surface area contributed by atoms with E-state index in [0.29, 0.717) is 6.42 Å². The fraction of sp³-hybridized carbons (Fsp3) is 0.818. The van der Waals surface area contributed by atoms with Gasteiger partial charge in [0.2, 0.25) is 0 Å². The molecule has 0 amide bonds. The lowest BCUT2D eigenvalue weighted by molar-refractivity contribution is -0.307. The summed E-state index contributed by atoms with van der Waals surface area (Å²) in [6.07, 6.45) is -4.29. The predicted octanol–water partition coefficient (Wildman–Crippen LogP) is -1.23. The minimum Gasteiger partial charge on any atom is -0.394 e. The summed E-state index contributed by atoms with van der Waals surface area (Å²) in [4.78, 5) is 0. The van der Waals surface area contributed by atoms with Crippen LogP contribution in [0.15, 0.2) is 12.7 Å². The summed E-state index contributed by atoms with van der Waals surface area (Å²) < 4.78 is 10.6. The quantitative estimate of drug-likeness (QED) is 0.455. The van der Waals surface area contributed by atoms with E-state index < -0.39 is 37.3 Å². The lowest BCUT2D eigenvalue weighted by Crippen LogP contribution is -2.59. The molecule has 1 fully saturated rings. The molecule has 0 saturated carbocycles. The maximum absolute atomic E-state index is 9.69. The average Bonchev–Trinajstić information content (AvgIpc) is 2.35. The van der Waals surface area contributed by atoms with Crippen LogP contribution in [0.4, 0.5) is 0 Å². The molecule has 0 aromatic heterocycles. The zero-order chi connectivity index (χ0) is 13.0. The highest BCUT2D eigenvalue weighted by Crippen LogP contribution is 2.23. The standard InChI is InChI=1S/C11H20O6/c1-3-6(4-2)16-11-10(15)9(14)8(13)7(5-12)17-11/h3,6-15H,1,4-5H2,2H3/t6-,7-,8-,9+,10-,11-/m1/s1. The molecule has 1 rings (SSSR count). The predicted molar refractivity (Wildman–Crippen MR) is 59.1 cm³/mol. The number of aliphatic hydroxyl groups excluding tert-OH is 4. The Kier molecular flexibility index (Phi) is 5.51. The second-order valence-electron chi connectivity index (χ2n) is 4.02. The topological polar surface area (TPSA) is 99.4 Å². The summed E-state index contributed by atoms with van der Waals surface area (Å²) in [5, 5.41) is 37.7. The second-order valence-corrected chi connectivity index (χ2v) is 4.02. The van der Waals surface area contributed by atoms with Crippen molar-refractivity contribution in [3.8, 4) is 0 Å². The molecule has 17 heavy (non-hydrogen) atoms. The molecule has 6 nitrogen and oxygen atoms in total. The van der Waals surface area contributed by atoms with Gasteiger partial charge >= 0.3 is 0 Å². The summed E-state index contributed by atoms with van der Waals surface area (Å²) in [5.74, 6) is 0. The third kappa shape index (κ3) is 3.25. The van der Waals surface area contributed by atoms with Crippen molar-refractivity contribution in [1.29, 1.82) is 0 Å². The SMILES string of the molecule is C=C[C@H](CC)O[C@@H]1O[C@H](CO)[C@@H](O)[C@H](O)[C@H]1O. The van der Waals surface area contributed by atoms with Crippen LogP contribution in [-0.2, 0) is 9.47 Å². The van der Waals surface area contributed by atoms with E-state index in [1.54, 1.807) is 6.08 Å². The van der Waals surface area contributed by atoms with Gasteiger partial charge in [-0.25, -0.2) is 0 Å². The van der Waals surface area contributed by atoms with Crippen molar-refractivity contribution in [1.82, 2.24) is 0 Å². The molecule has 0 aromatic carbocycles. The fourth-order valence-corrected chi connectivity index (χ4v) is 1.67. The molecular weight excluding hydrogens is 228 g/mol. The average molecular weight is 248 g/mol. The molecule has 0 aromatic rings. The molecular formula is C11H20O6. The normalized spacial score (nSPS) is 39.9. The maximum Gasteiger partial charge on any atom is 0.187 e. The monoisotopic (exact) mass is 248 g/mol. The molecule has 4 N–H and O–H groups in total. The van der Waals surface area contributed by atoms with Gasteiger partial charge in [0.15, 0.2) is 6.29 Å². The number of hydrogen-bond donors (Lipinski definition) is 4. The number of ether oxygens (including phenoxy) is 2. The first kappa shape index (κ1) is 14.6. The van der Waals surface area contributed by atoms with Crippen LogP contribution in [0.1, 0.15) is 13.3 Å². The van der Waals surface area contributed by atoms with Crippen LogP contribution in [0.3, 0.4) is 0 Å². The van der Waals surface area contributed by atoms with Crippen LogP contribution in [-0.4, -0.2) is 63.8 Å². The van der Waals surface area contributed by atoms with Gasteiger partial charge in [-0.05, 0) is 6.42 Å². The van der Waals surface area contributed by atoms with Gasteiger partial charge in [0.1, 0.15) is 24.4 Å². The molecule has 0 unspecified atom stereocenters. The Labute approximate surface area is 100 Å². The first-order valence-corrected chi connectivity index (χ1v) is 5.63. The van der Waals surface area contributed by atoms with Gasteiger partial charge in [0.25, 0.3) is 0 Å². The molecule has 1 aliphatic rings. The highest BCUT2D eigenvalue weighted by atomic mass is 16.7. The minimum absolute atomic E-state index is 0.323. The van der Waals surface area contributed by atoms with E-state index in [1.165, 1.54) is 0 Å². The third-order valence-electron chi connectivity index (χ3n) is 2.82. The van der Waals surface area contributed by atoms with E-state index in [2.05, 4.69) is 6.58 Å². The zero-order valence-electron chi connectivity index (χ0n) is 9.77. The minimum atomic E-state index is -1.41. The molecule has 0 radical (unpaired) electrons. The van der Waals surface area contributed by atoms with Crippen molar-refractivity contribution in [3.63, 3.8) is 0 Å². The van der Waals surface area contributed by atoms with Gasteiger partial charge in [0.05, 0.1) is 12.7 Å². The van der Waals surface area contributed by atoms with Crippen molar-refractivity contribution in [2.45, 2.75) is 50.2 Å². The van der Waals surface area contributed by atoms with Crippen LogP contribution in [0.5, 0.6) is 0 Å². The zero-order valence-corrected chi connectivity index (χ0v) is 9.77. The number of aliphatic hydroxyl groups is 4. The Morgan fingerprint density at radius 2 is 1.94 bits per heavy atom. The van der Waals surface area contributed by atoms with Gasteiger partial charge < -0.3 is 29.9 Å². The lowest BCUT2D eigenvalue weighted by atomic mass is 9.99. The van der Waals surface area contributed by atoms with Crippen molar-refractivity contribution >= 4 is 0 Å². The Morgan fingerprint density at radius 1 is 1.29 bits per heavy atom. The lowest BCUT2D eigenvalue weighted by Gasteiger charge is -2.40. The molecule has 0 spiro atoms. The van der Waals surface area contributed by atoms with Gasteiger partial charge in [-0.2, -0.15) is 0 Å². The van der Waals surface area contributed by atoms with E-state index in [0.717, 1.165) is 0 Å². The molecule has 6 heteroatoms. The summed E-state index contributed by atoms with van der Waals surface area (Å²) in [6, 6.07) is 0. The van der Waals surface area contributed by atoms with Crippen molar-refractivity contribution in [3.05, 3.63) is 12.7 Å². The molecule has 6 atom stereocenters. The van der Waals surface area contributed by atoms with Gasteiger partial charge in [-0.15, -0.1) is 6.58 Å². The van der Waals surface area contributed by atoms with Crippen LogP contribution in [0.2, 0.25) is 0 Å². The van der Waals surface area contributed by atoms with Crippen LogP contribution in [0, 0.1) is 0 Å². The summed E-state index contributed by atoms with van der Waals surface area (Å²) in [7, 11) is 0. The van der Waals surface area contributed by atoms with E-state index in [1.807, 2.05) is 6.92 Å². The van der Waals surface area contributed by atoms with Gasteiger partial charge in [-0.1, -0.05) is 13.0 Å². The van der Waals surface area contributed by atoms with Crippen molar-refractivity contribution in [2.75, 3.05) is 6.61 Å². The van der Waals surface area contributed by atoms with Crippen molar-refractivity contribution in [2.24, 2.45) is 0 Å². The van der Waals surface area contributed by atoms with Crippen LogP contribution in [0.25, 0.3) is 0 Å². The molecule has 1 saturated heterocycles. The summed E-state index contributed by atoms with van der Waals surface area (Å²) >= 11 is 0. The largest absolute Gasteiger partial charge is 0.394 e. The Hall–Kier alpha value is -0.500. The third-order valence-corrected chi connectivity index (χ3v) is 2.82. The Balaban J connectivity index is 2.68. The van der Waals surface area contributed by atoms with Crippen molar-refractivity contribution < 1.29 is 29.9 Å². The maximum atomic E-state index is 9.69. The molecule has 100 valence electrons. The van der Waals surface area contributed by atoms with E-state index in [9.17, 15) is 15.3 Å². The van der Waals surface area contributed by atoms with E-state index in [-0.39, 0.29) is 6.10 Å². The first-order valence-electron chi connectivity index (χ1n) is 5.63. The Morgan fingerprint density at radius 3 is 2.41 bits per heavy atom. The Bertz CT molecular complexity index is 244. The highest BCUT2D eigenvalue weighted by Gasteiger charge is 2.44. The fourth-order valence-electron chi connectivity index (χ4n) is 1.67.